The van der Waals surface area contributed by atoms with Gasteiger partial charge in [-0.25, -0.2) is 14.5 Å². The number of fused-ring (bicyclic) bond motifs is 1. The van der Waals surface area contributed by atoms with E-state index < -0.39 is 0 Å². The highest BCUT2D eigenvalue weighted by molar-refractivity contribution is 5.75. The van der Waals surface area contributed by atoms with E-state index in [9.17, 15) is 0 Å². The molecule has 1 saturated carbocycles. The van der Waals surface area contributed by atoms with Crippen LogP contribution in [0.2, 0.25) is 0 Å². The summed E-state index contributed by atoms with van der Waals surface area (Å²) in [6.45, 7) is 0.538. The number of nitrogens with zero attached hydrogens (tertiary/aromatic N) is 5. The van der Waals surface area contributed by atoms with Crippen LogP contribution in [-0.4, -0.2) is 38.7 Å². The van der Waals surface area contributed by atoms with E-state index in [0.717, 1.165) is 41.2 Å². The second-order valence-electron chi connectivity index (χ2n) is 7.56. The molecule has 0 atom stereocenters. The van der Waals surface area contributed by atoms with Gasteiger partial charge >= 0.3 is 0 Å². The van der Waals surface area contributed by atoms with Crippen LogP contribution in [0, 0.1) is 0 Å². The number of hydrogen-bond acceptors (Lipinski definition) is 6. The van der Waals surface area contributed by atoms with Gasteiger partial charge < -0.3 is 15.0 Å². The molecule has 2 aromatic heterocycles. The van der Waals surface area contributed by atoms with E-state index in [1.165, 1.54) is 0 Å². The van der Waals surface area contributed by atoms with Gasteiger partial charge in [0.25, 0.3) is 0 Å². The van der Waals surface area contributed by atoms with Crippen LogP contribution in [-0.2, 0) is 6.61 Å². The normalized spacial score (nSPS) is 18.2. The molecule has 1 aliphatic rings. The Hall–Kier alpha value is -3.45. The van der Waals surface area contributed by atoms with Crippen LogP contribution in [0.4, 0.5) is 11.5 Å². The van der Waals surface area contributed by atoms with Crippen molar-refractivity contribution in [3.05, 3.63) is 79.0 Å². The summed E-state index contributed by atoms with van der Waals surface area (Å²) in [5.41, 5.74) is 3.09. The van der Waals surface area contributed by atoms with E-state index in [4.69, 9.17) is 4.74 Å². The Balaban J connectivity index is 1.46. The first-order chi connectivity index (χ1) is 14.8. The zero-order valence-electron chi connectivity index (χ0n) is 16.8. The fraction of sp³-hybridized carbons (Fsp3) is 0.261. The molecule has 152 valence electrons. The number of anilines is 2. The van der Waals surface area contributed by atoms with Gasteiger partial charge in [0.15, 0.2) is 5.82 Å². The number of imidazole rings is 1. The Morgan fingerprint density at radius 3 is 2.83 bits per heavy atom. The minimum absolute atomic E-state index is 0.348. The molecular weight excluding hydrogens is 376 g/mol. The predicted octanol–water partition coefficient (Wildman–Crippen LogP) is 3.59. The standard InChI is InChI=1S/C23H24N6O/c1-24-18-10-20(11-18)29(23-22-13-25-16-28(22)27-15-26-23)19-8-5-9-21(12-19)30-14-17-6-3-2-4-7-17/h2-9,12-13,15-16,18,20,24H,10-11,14H2,1H3. The summed E-state index contributed by atoms with van der Waals surface area (Å²) in [6.07, 6.45) is 7.20. The van der Waals surface area contributed by atoms with Crippen molar-refractivity contribution < 1.29 is 4.74 Å². The van der Waals surface area contributed by atoms with Crippen LogP contribution >= 0.6 is 0 Å². The summed E-state index contributed by atoms with van der Waals surface area (Å²) >= 11 is 0. The predicted molar refractivity (Wildman–Crippen MR) is 116 cm³/mol. The first kappa shape index (κ1) is 18.6. The Morgan fingerprint density at radius 2 is 2.00 bits per heavy atom. The zero-order valence-corrected chi connectivity index (χ0v) is 16.8. The second kappa shape index (κ2) is 8.12. The van der Waals surface area contributed by atoms with Gasteiger partial charge in [0, 0.05) is 23.8 Å². The number of hydrogen-bond donors (Lipinski definition) is 1. The van der Waals surface area contributed by atoms with Crippen molar-refractivity contribution in [2.45, 2.75) is 31.5 Å². The fourth-order valence-corrected chi connectivity index (χ4v) is 3.93. The van der Waals surface area contributed by atoms with Gasteiger partial charge in [0.2, 0.25) is 0 Å². The van der Waals surface area contributed by atoms with Crippen LogP contribution in [0.3, 0.4) is 0 Å². The van der Waals surface area contributed by atoms with Crippen LogP contribution < -0.4 is 15.0 Å². The molecule has 0 radical (unpaired) electrons. The molecule has 5 rings (SSSR count). The Kier molecular flexibility index (Phi) is 5.03. The minimum atomic E-state index is 0.348. The SMILES string of the molecule is CNC1CC(N(c2cccc(OCc3ccccc3)c2)c2ncnn3cncc23)C1. The Labute approximate surface area is 175 Å². The maximum Gasteiger partial charge on any atom is 0.162 e. The van der Waals surface area contributed by atoms with Crippen molar-refractivity contribution in [1.29, 1.82) is 0 Å². The highest BCUT2D eigenvalue weighted by atomic mass is 16.5. The number of ether oxygens (including phenoxy) is 1. The lowest BCUT2D eigenvalue weighted by molar-refractivity contribution is 0.301. The molecule has 1 N–H and O–H groups in total. The third kappa shape index (κ3) is 3.59. The summed E-state index contributed by atoms with van der Waals surface area (Å²) in [5.74, 6) is 1.70. The molecule has 30 heavy (non-hydrogen) atoms. The van der Waals surface area contributed by atoms with Crippen LogP contribution in [0.5, 0.6) is 5.75 Å². The first-order valence-corrected chi connectivity index (χ1v) is 10.2. The molecule has 0 aliphatic heterocycles. The van der Waals surface area contributed by atoms with Crippen molar-refractivity contribution in [2.75, 3.05) is 11.9 Å². The molecule has 0 spiro atoms. The first-order valence-electron chi connectivity index (χ1n) is 10.2. The van der Waals surface area contributed by atoms with E-state index in [-0.39, 0.29) is 0 Å². The maximum atomic E-state index is 6.08. The molecule has 7 nitrogen and oxygen atoms in total. The quantitative estimate of drug-likeness (QED) is 0.511. The van der Waals surface area contributed by atoms with E-state index >= 15 is 0 Å². The van der Waals surface area contributed by atoms with Gasteiger partial charge in [-0.15, -0.1) is 0 Å². The second-order valence-corrected chi connectivity index (χ2v) is 7.56. The fourth-order valence-electron chi connectivity index (χ4n) is 3.93. The van der Waals surface area contributed by atoms with Crippen molar-refractivity contribution in [2.24, 2.45) is 0 Å². The molecule has 2 heterocycles. The third-order valence-corrected chi connectivity index (χ3v) is 5.66. The molecule has 0 amide bonds. The molecule has 1 aliphatic carbocycles. The smallest absolute Gasteiger partial charge is 0.162 e. The van der Waals surface area contributed by atoms with Crippen molar-refractivity contribution in [3.8, 4) is 5.75 Å². The van der Waals surface area contributed by atoms with Gasteiger partial charge in [-0.1, -0.05) is 36.4 Å². The van der Waals surface area contributed by atoms with E-state index in [1.54, 1.807) is 17.2 Å². The summed E-state index contributed by atoms with van der Waals surface area (Å²) in [4.78, 5) is 11.2. The van der Waals surface area contributed by atoms with E-state index in [1.807, 2.05) is 43.6 Å². The van der Waals surface area contributed by atoms with Gasteiger partial charge in [0.1, 0.15) is 30.5 Å². The molecule has 1 fully saturated rings. The van der Waals surface area contributed by atoms with Gasteiger partial charge in [0.05, 0.1) is 6.20 Å². The van der Waals surface area contributed by atoms with E-state index in [2.05, 4.69) is 49.5 Å². The van der Waals surface area contributed by atoms with Crippen molar-refractivity contribution in [1.82, 2.24) is 24.9 Å². The van der Waals surface area contributed by atoms with Gasteiger partial charge in [-0.05, 0) is 37.6 Å². The lowest BCUT2D eigenvalue weighted by Gasteiger charge is -2.43. The average molecular weight is 400 g/mol. The third-order valence-electron chi connectivity index (χ3n) is 5.66. The molecule has 7 heteroatoms. The Morgan fingerprint density at radius 1 is 1.13 bits per heavy atom. The number of benzene rings is 2. The highest BCUT2D eigenvalue weighted by Crippen LogP contribution is 2.38. The molecule has 0 unspecified atom stereocenters. The van der Waals surface area contributed by atoms with Crippen LogP contribution in [0.25, 0.3) is 5.52 Å². The maximum absolute atomic E-state index is 6.08. The Bertz CT molecular complexity index is 1120. The van der Waals surface area contributed by atoms with Crippen molar-refractivity contribution >= 4 is 17.0 Å². The number of rotatable bonds is 7. The number of nitrogens with one attached hydrogen (secondary N) is 1. The van der Waals surface area contributed by atoms with Crippen molar-refractivity contribution in [3.63, 3.8) is 0 Å². The number of aromatic nitrogens is 4. The average Bonchev–Trinajstić information content (AvgIpc) is 3.25. The summed E-state index contributed by atoms with van der Waals surface area (Å²) in [6, 6.07) is 19.3. The van der Waals surface area contributed by atoms with Gasteiger partial charge in [-0.2, -0.15) is 5.10 Å². The van der Waals surface area contributed by atoms with Gasteiger partial charge in [-0.3, -0.25) is 0 Å². The molecule has 2 aromatic carbocycles. The molecule has 0 saturated heterocycles. The molecule has 0 bridgehead atoms. The highest BCUT2D eigenvalue weighted by Gasteiger charge is 2.35. The molecular formula is C23H24N6O. The summed E-state index contributed by atoms with van der Waals surface area (Å²) in [5, 5.41) is 7.64. The van der Waals surface area contributed by atoms with Crippen LogP contribution in [0.15, 0.2) is 73.4 Å². The molecule has 4 aromatic rings. The lowest BCUT2D eigenvalue weighted by atomic mass is 9.85. The summed E-state index contributed by atoms with van der Waals surface area (Å²) < 4.78 is 7.84. The monoisotopic (exact) mass is 400 g/mol. The van der Waals surface area contributed by atoms with Crippen LogP contribution in [0.1, 0.15) is 18.4 Å². The largest absolute Gasteiger partial charge is 0.489 e. The van der Waals surface area contributed by atoms with E-state index in [0.29, 0.717) is 18.7 Å². The minimum Gasteiger partial charge on any atom is -0.489 e. The summed E-state index contributed by atoms with van der Waals surface area (Å²) in [7, 11) is 2.02. The lowest BCUT2D eigenvalue weighted by Crippen LogP contribution is -2.50. The zero-order chi connectivity index (χ0) is 20.3. The topological polar surface area (TPSA) is 67.6 Å².